The number of ketones is 1. The monoisotopic (exact) mass is 615 g/mol. The Balaban J connectivity index is 1.45. The van der Waals surface area contributed by atoms with Crippen LogP contribution >= 0.6 is 23.1 Å². The fourth-order valence-corrected chi connectivity index (χ4v) is 6.76. The third-order valence-electron chi connectivity index (χ3n) is 6.93. The lowest BCUT2D eigenvalue weighted by molar-refractivity contribution is -0.132. The molecule has 1 amide bonds. The number of benzene rings is 2. The van der Waals surface area contributed by atoms with Gasteiger partial charge in [-0.1, -0.05) is 59.5 Å². The molecule has 6 rings (SSSR count). The minimum Gasteiger partial charge on any atom is -0.505 e. The number of aromatic nitrogens is 4. The number of aryl methyl sites for hydroxylation is 1. The van der Waals surface area contributed by atoms with Crippen LogP contribution in [0.5, 0.6) is 0 Å². The van der Waals surface area contributed by atoms with Gasteiger partial charge in [0, 0.05) is 11.9 Å². The Labute approximate surface area is 252 Å². The highest BCUT2D eigenvalue weighted by Crippen LogP contribution is 2.44. The van der Waals surface area contributed by atoms with Crippen LogP contribution in [0.3, 0.4) is 0 Å². The number of imidazole rings is 1. The number of carbonyl (C=O) groups excluding carboxylic acids is 3. The molecular weight excluding hydrogens is 593 g/mol. The zero-order valence-corrected chi connectivity index (χ0v) is 24.4. The van der Waals surface area contributed by atoms with Crippen LogP contribution in [-0.4, -0.2) is 49.5 Å². The number of Topliss-reactive ketones (excluding diaryl/α,β-unsaturated/α-hetero) is 1. The highest BCUT2D eigenvalue weighted by atomic mass is 32.2. The van der Waals surface area contributed by atoms with Crippen molar-refractivity contribution < 1.29 is 28.6 Å². The quantitative estimate of drug-likeness (QED) is 0.0645. The summed E-state index contributed by atoms with van der Waals surface area (Å²) < 4.78 is 21.0. The number of ether oxygens (including phenoxy) is 1. The van der Waals surface area contributed by atoms with E-state index in [-0.39, 0.29) is 33.5 Å². The number of hydrogen-bond donors (Lipinski definition) is 1. The molecule has 216 valence electrons. The molecule has 4 heterocycles. The van der Waals surface area contributed by atoms with Gasteiger partial charge in [0.25, 0.3) is 5.78 Å². The number of amides is 1. The Morgan fingerprint density at radius 3 is 2.56 bits per heavy atom. The van der Waals surface area contributed by atoms with E-state index >= 15 is 0 Å². The van der Waals surface area contributed by atoms with Crippen LogP contribution in [0.4, 0.5) is 9.52 Å². The Kier molecular flexibility index (Phi) is 7.50. The maximum absolute atomic E-state index is 14.1. The minimum atomic E-state index is -1.10. The standard InChI is InChI=1S/C30H22FN5O5S2/c1-16-23(35-14-6-5-9-21(35)32-16)25(37)22-24(17-10-12-18(13-11-17)28(40)41-2)36(27(39)26(22)38)29-33-34-30(43-29)42-15-19-7-3-4-8-20(19)31/h3-14,24,37H,15H2,1-2H3. The Hall–Kier alpha value is -4.88. The third kappa shape index (κ3) is 5.06. The van der Waals surface area contributed by atoms with Gasteiger partial charge in [-0.2, -0.15) is 0 Å². The highest BCUT2D eigenvalue weighted by Gasteiger charge is 2.49. The highest BCUT2D eigenvalue weighted by molar-refractivity contribution is 8.00. The van der Waals surface area contributed by atoms with Crippen molar-refractivity contribution in [1.29, 1.82) is 0 Å². The van der Waals surface area contributed by atoms with Crippen molar-refractivity contribution in [1.82, 2.24) is 19.6 Å². The summed E-state index contributed by atoms with van der Waals surface area (Å²) in [7, 11) is 1.26. The SMILES string of the molecule is COC(=O)c1ccc(C2C(=C(O)c3c(C)nc4ccccn34)C(=O)C(=O)N2c2nnc(SCc3ccccc3F)s2)cc1. The molecule has 0 bridgehead atoms. The molecule has 1 atom stereocenters. The molecule has 3 aromatic heterocycles. The molecule has 43 heavy (non-hydrogen) atoms. The number of carbonyl (C=O) groups is 3. The van der Waals surface area contributed by atoms with Crippen molar-refractivity contribution in [3.63, 3.8) is 0 Å². The summed E-state index contributed by atoms with van der Waals surface area (Å²) in [5, 5.41) is 20.1. The molecule has 13 heteroatoms. The molecule has 1 aliphatic rings. The number of esters is 1. The second kappa shape index (κ2) is 11.4. The van der Waals surface area contributed by atoms with Crippen molar-refractivity contribution in [2.75, 3.05) is 12.0 Å². The summed E-state index contributed by atoms with van der Waals surface area (Å²) in [6, 6.07) is 16.8. The Morgan fingerprint density at radius 1 is 1.07 bits per heavy atom. The second-order valence-electron chi connectivity index (χ2n) is 9.49. The first-order valence-electron chi connectivity index (χ1n) is 12.9. The minimum absolute atomic E-state index is 0.120. The van der Waals surface area contributed by atoms with Crippen LogP contribution in [-0.2, 0) is 20.1 Å². The van der Waals surface area contributed by atoms with Crippen LogP contribution in [0.2, 0.25) is 0 Å². The first kappa shape index (κ1) is 28.2. The molecule has 1 unspecified atom stereocenters. The van der Waals surface area contributed by atoms with Gasteiger partial charge in [0.15, 0.2) is 10.1 Å². The molecule has 1 N–H and O–H groups in total. The number of aliphatic hydroxyl groups is 1. The van der Waals surface area contributed by atoms with Crippen LogP contribution < -0.4 is 4.90 Å². The average molecular weight is 616 g/mol. The summed E-state index contributed by atoms with van der Waals surface area (Å²) in [5.41, 5.74) is 2.30. The number of anilines is 1. The molecule has 0 saturated carbocycles. The van der Waals surface area contributed by atoms with Crippen LogP contribution in [0.15, 0.2) is 82.8 Å². The molecule has 10 nitrogen and oxygen atoms in total. The number of nitrogens with zero attached hydrogens (tertiary/aromatic N) is 5. The molecule has 1 fully saturated rings. The fourth-order valence-electron chi connectivity index (χ4n) is 4.90. The normalized spacial score (nSPS) is 16.3. The number of halogens is 1. The molecule has 5 aromatic rings. The molecule has 0 spiro atoms. The Bertz CT molecular complexity index is 1930. The lowest BCUT2D eigenvalue weighted by Gasteiger charge is -2.22. The van der Waals surface area contributed by atoms with E-state index in [4.69, 9.17) is 4.74 Å². The van der Waals surface area contributed by atoms with E-state index in [0.29, 0.717) is 26.8 Å². The van der Waals surface area contributed by atoms with Gasteiger partial charge in [-0.15, -0.1) is 10.2 Å². The van der Waals surface area contributed by atoms with Crippen LogP contribution in [0, 0.1) is 12.7 Å². The van der Waals surface area contributed by atoms with Crippen LogP contribution in [0.1, 0.15) is 38.9 Å². The van der Waals surface area contributed by atoms with Gasteiger partial charge in [-0.05, 0) is 48.4 Å². The maximum atomic E-state index is 14.1. The molecule has 2 aromatic carbocycles. The van der Waals surface area contributed by atoms with Gasteiger partial charge in [0.1, 0.15) is 17.2 Å². The van der Waals surface area contributed by atoms with Crippen LogP contribution in [0.25, 0.3) is 11.4 Å². The topological polar surface area (TPSA) is 127 Å². The van der Waals surface area contributed by atoms with E-state index in [0.717, 1.165) is 11.3 Å². The number of methoxy groups -OCH3 is 1. The van der Waals surface area contributed by atoms with E-state index in [1.165, 1.54) is 42.0 Å². The van der Waals surface area contributed by atoms with Gasteiger partial charge in [0.2, 0.25) is 5.13 Å². The zero-order valence-electron chi connectivity index (χ0n) is 22.7. The number of hydrogen-bond acceptors (Lipinski definition) is 10. The van der Waals surface area contributed by atoms with Gasteiger partial charge in [-0.3, -0.25) is 18.9 Å². The van der Waals surface area contributed by atoms with E-state index in [2.05, 4.69) is 15.2 Å². The second-order valence-corrected chi connectivity index (χ2v) is 11.7. The number of pyridine rings is 1. The molecular formula is C30H22FN5O5S2. The van der Waals surface area contributed by atoms with Gasteiger partial charge in [-0.25, -0.2) is 14.2 Å². The number of rotatable bonds is 7. The number of aliphatic hydroxyl groups excluding tert-OH is 1. The zero-order chi connectivity index (χ0) is 30.2. The summed E-state index contributed by atoms with van der Waals surface area (Å²) >= 11 is 2.30. The number of thioether (sulfide) groups is 1. The van der Waals surface area contributed by atoms with Gasteiger partial charge < -0.3 is 9.84 Å². The largest absolute Gasteiger partial charge is 0.505 e. The summed E-state index contributed by atoms with van der Waals surface area (Å²) in [4.78, 5) is 45.0. The van der Waals surface area contributed by atoms with Crippen molar-refractivity contribution in [2.45, 2.75) is 23.1 Å². The van der Waals surface area contributed by atoms with Crippen molar-refractivity contribution in [3.8, 4) is 0 Å². The average Bonchev–Trinajstić information content (AvgIpc) is 3.69. The summed E-state index contributed by atoms with van der Waals surface area (Å²) in [6.07, 6.45) is 1.70. The Morgan fingerprint density at radius 2 is 1.81 bits per heavy atom. The van der Waals surface area contributed by atoms with Crippen molar-refractivity contribution >= 4 is 57.3 Å². The van der Waals surface area contributed by atoms with E-state index in [1.54, 1.807) is 66.1 Å². The first-order chi connectivity index (χ1) is 20.8. The van der Waals surface area contributed by atoms with Gasteiger partial charge in [0.05, 0.1) is 30.0 Å². The van der Waals surface area contributed by atoms with Crippen molar-refractivity contribution in [3.05, 3.63) is 112 Å². The van der Waals surface area contributed by atoms with E-state index < -0.39 is 29.5 Å². The number of fused-ring (bicyclic) bond motifs is 1. The lowest BCUT2D eigenvalue weighted by Crippen LogP contribution is -2.29. The van der Waals surface area contributed by atoms with E-state index in [1.807, 2.05) is 0 Å². The fraction of sp³-hybridized carbons (Fsp3) is 0.133. The predicted molar refractivity (Wildman–Crippen MR) is 158 cm³/mol. The molecule has 1 aliphatic heterocycles. The molecule has 1 saturated heterocycles. The lowest BCUT2D eigenvalue weighted by atomic mass is 9.95. The molecule has 0 radical (unpaired) electrons. The van der Waals surface area contributed by atoms with Crippen molar-refractivity contribution in [2.24, 2.45) is 0 Å². The first-order valence-corrected chi connectivity index (χ1v) is 14.7. The molecule has 0 aliphatic carbocycles. The third-order valence-corrected chi connectivity index (χ3v) is 9.04. The summed E-state index contributed by atoms with van der Waals surface area (Å²) in [5.74, 6) is -2.84. The predicted octanol–water partition coefficient (Wildman–Crippen LogP) is 5.34. The smallest absolute Gasteiger partial charge is 0.337 e. The van der Waals surface area contributed by atoms with Gasteiger partial charge >= 0.3 is 11.9 Å². The maximum Gasteiger partial charge on any atom is 0.337 e. The van der Waals surface area contributed by atoms with E-state index in [9.17, 15) is 23.9 Å². The summed E-state index contributed by atoms with van der Waals surface area (Å²) in [6.45, 7) is 1.70.